The van der Waals surface area contributed by atoms with Crippen LogP contribution in [0.5, 0.6) is 0 Å². The summed E-state index contributed by atoms with van der Waals surface area (Å²) in [6.45, 7) is 2.02. The van der Waals surface area contributed by atoms with E-state index in [-0.39, 0.29) is 9.52 Å². The molecule has 1 aromatic carbocycles. The Hall–Kier alpha value is -0.740. The summed E-state index contributed by atoms with van der Waals surface area (Å²) in [5, 5.41) is 0.691. The Morgan fingerprint density at radius 2 is 1.78 bits per heavy atom. The van der Waals surface area contributed by atoms with Gasteiger partial charge in [0, 0.05) is 5.56 Å². The van der Waals surface area contributed by atoms with Crippen LogP contribution in [0.3, 0.4) is 0 Å². The molecule has 0 saturated carbocycles. The van der Waals surface area contributed by atoms with Crippen molar-refractivity contribution >= 4 is 56.3 Å². The molecule has 0 bridgehead atoms. The van der Waals surface area contributed by atoms with Crippen molar-refractivity contribution in [3.8, 4) is 11.3 Å². The van der Waals surface area contributed by atoms with Crippen molar-refractivity contribution in [2.24, 2.45) is 0 Å². The number of nitrogens with zero attached hydrogens (tertiary/aromatic N) is 1. The van der Waals surface area contributed by atoms with Crippen LogP contribution in [0.4, 0.5) is 5.13 Å². The zero-order valence-corrected chi connectivity index (χ0v) is 12.5. The molecule has 0 fully saturated rings. The molecule has 1 aromatic heterocycles. The third-order valence-electron chi connectivity index (χ3n) is 2.33. The van der Waals surface area contributed by atoms with Crippen LogP contribution in [-0.4, -0.2) is 4.98 Å². The van der Waals surface area contributed by atoms with Gasteiger partial charge in [-0.25, -0.2) is 4.98 Å². The molecular weight excluding hydrogens is 311 g/mol. The smallest absolute Gasteiger partial charge is 0.181 e. The van der Waals surface area contributed by atoms with E-state index in [9.17, 15) is 0 Å². The summed E-state index contributed by atoms with van der Waals surface area (Å²) in [5.41, 5.74) is 8.51. The van der Waals surface area contributed by atoms with Gasteiger partial charge in [-0.05, 0) is 6.92 Å². The Labute approximate surface area is 124 Å². The van der Waals surface area contributed by atoms with E-state index >= 15 is 0 Å². The summed E-state index contributed by atoms with van der Waals surface area (Å²) in [6, 6.07) is 7.91. The van der Waals surface area contributed by atoms with Gasteiger partial charge in [-0.2, -0.15) is 0 Å². The maximum Gasteiger partial charge on any atom is 0.181 e. The lowest BCUT2D eigenvalue weighted by atomic mass is 10.1. The van der Waals surface area contributed by atoms with E-state index in [4.69, 9.17) is 40.5 Å². The van der Waals surface area contributed by atoms with Crippen molar-refractivity contribution in [3.63, 3.8) is 0 Å². The fourth-order valence-electron chi connectivity index (χ4n) is 1.48. The number of aryl methyl sites for hydroxylation is 1. The van der Waals surface area contributed by atoms with Crippen molar-refractivity contribution in [2.75, 3.05) is 5.73 Å². The Morgan fingerprint density at radius 1 is 1.17 bits per heavy atom. The van der Waals surface area contributed by atoms with E-state index < -0.39 is 0 Å². The minimum atomic E-state index is 0.00804. The van der Waals surface area contributed by atoms with E-state index in [1.54, 1.807) is 0 Å². The largest absolute Gasteiger partial charge is 0.375 e. The highest BCUT2D eigenvalue weighted by Crippen LogP contribution is 2.39. The van der Waals surface area contributed by atoms with Gasteiger partial charge < -0.3 is 5.73 Å². The third kappa shape index (κ3) is 2.81. The van der Waals surface area contributed by atoms with Crippen LogP contribution in [0.1, 0.15) is 10.4 Å². The number of nitrogens with two attached hydrogens (primary N) is 1. The molecule has 0 radical (unpaired) electrons. The summed E-state index contributed by atoms with van der Waals surface area (Å²) < 4.78 is 0.00804. The molecular formula is C12H9Cl3N2S. The van der Waals surface area contributed by atoms with Crippen molar-refractivity contribution in [3.05, 3.63) is 39.2 Å². The molecule has 0 spiro atoms. The third-order valence-corrected chi connectivity index (χ3v) is 4.30. The van der Waals surface area contributed by atoms with Gasteiger partial charge in [0.25, 0.3) is 0 Å². The lowest BCUT2D eigenvalue weighted by molar-refractivity contribution is 1.39. The topological polar surface area (TPSA) is 38.9 Å². The van der Waals surface area contributed by atoms with E-state index in [0.29, 0.717) is 15.7 Å². The first-order valence-corrected chi connectivity index (χ1v) is 6.98. The lowest BCUT2D eigenvalue weighted by Crippen LogP contribution is -1.85. The van der Waals surface area contributed by atoms with Crippen LogP contribution >= 0.6 is 46.1 Å². The summed E-state index contributed by atoms with van der Waals surface area (Å²) in [6.07, 6.45) is 0. The molecule has 0 saturated heterocycles. The number of thiazole rings is 1. The maximum atomic E-state index is 6.07. The maximum absolute atomic E-state index is 6.07. The first-order valence-electron chi connectivity index (χ1n) is 5.03. The van der Waals surface area contributed by atoms with Gasteiger partial charge >= 0.3 is 0 Å². The first kappa shape index (κ1) is 13.7. The van der Waals surface area contributed by atoms with E-state index in [2.05, 4.69) is 4.98 Å². The molecule has 0 atom stereocenters. The zero-order valence-electron chi connectivity index (χ0n) is 9.38. The van der Waals surface area contributed by atoms with Crippen LogP contribution < -0.4 is 5.73 Å². The Kier molecular flexibility index (Phi) is 4.17. The number of aromatic nitrogens is 1. The molecule has 2 rings (SSSR count). The molecule has 1 heterocycles. The van der Waals surface area contributed by atoms with Gasteiger partial charge in [-0.3, -0.25) is 0 Å². The van der Waals surface area contributed by atoms with Crippen molar-refractivity contribution in [1.82, 2.24) is 4.98 Å². The number of anilines is 1. The Balaban J connectivity index is 2.58. The number of benzene rings is 1. The summed E-state index contributed by atoms with van der Waals surface area (Å²) in [5.74, 6) is 0. The minimum absolute atomic E-state index is 0.00804. The molecule has 0 unspecified atom stereocenters. The second-order valence-corrected chi connectivity index (χ2v) is 6.03. The fraction of sp³-hybridized carbons (Fsp3) is 0.0833. The van der Waals surface area contributed by atoms with Gasteiger partial charge in [0.15, 0.2) is 5.13 Å². The Morgan fingerprint density at radius 3 is 2.33 bits per heavy atom. The highest BCUT2D eigenvalue weighted by molar-refractivity contribution is 7.17. The van der Waals surface area contributed by atoms with Crippen molar-refractivity contribution < 1.29 is 0 Å². The second kappa shape index (κ2) is 5.49. The molecule has 0 aliphatic heterocycles. The monoisotopic (exact) mass is 318 g/mol. The van der Waals surface area contributed by atoms with E-state index in [1.807, 2.05) is 31.2 Å². The van der Waals surface area contributed by atoms with Crippen molar-refractivity contribution in [1.29, 1.82) is 0 Å². The molecule has 2 nitrogen and oxygen atoms in total. The second-order valence-electron chi connectivity index (χ2n) is 3.67. The average molecular weight is 320 g/mol. The normalized spacial score (nSPS) is 10.4. The standard InChI is InChI=1S/C12H9Cl3N2S/c1-6-2-4-7(5-3-6)9-10(8(13)11(14)15)18-12(16)17-9/h2-5H,1H3,(H2,16,17). The lowest BCUT2D eigenvalue weighted by Gasteiger charge is -2.02. The molecule has 2 N–H and O–H groups in total. The van der Waals surface area contributed by atoms with Crippen molar-refractivity contribution in [2.45, 2.75) is 6.92 Å². The van der Waals surface area contributed by atoms with E-state index in [1.165, 1.54) is 16.9 Å². The Bertz CT molecular complexity index is 598. The van der Waals surface area contributed by atoms with Crippen LogP contribution in [0.15, 0.2) is 28.8 Å². The predicted molar refractivity (Wildman–Crippen MR) is 81.2 cm³/mol. The SMILES string of the molecule is Cc1ccc(-c2nc(N)sc2C(Cl)=C(Cl)Cl)cc1. The highest BCUT2D eigenvalue weighted by atomic mass is 35.5. The summed E-state index contributed by atoms with van der Waals surface area (Å²) in [4.78, 5) is 4.95. The number of hydrogen-bond acceptors (Lipinski definition) is 3. The van der Waals surface area contributed by atoms with Crippen LogP contribution in [0.25, 0.3) is 16.3 Å². The quantitative estimate of drug-likeness (QED) is 0.842. The van der Waals surface area contributed by atoms with E-state index in [0.717, 1.165) is 5.56 Å². The van der Waals surface area contributed by atoms with Crippen LogP contribution in [0.2, 0.25) is 0 Å². The van der Waals surface area contributed by atoms with Crippen LogP contribution in [0, 0.1) is 6.92 Å². The molecule has 0 amide bonds. The molecule has 18 heavy (non-hydrogen) atoms. The number of nitrogen functional groups attached to an aromatic ring is 1. The van der Waals surface area contributed by atoms with Gasteiger partial charge in [-0.15, -0.1) is 0 Å². The van der Waals surface area contributed by atoms with Crippen LogP contribution in [-0.2, 0) is 0 Å². The summed E-state index contributed by atoms with van der Waals surface area (Å²) >= 11 is 18.7. The number of hydrogen-bond donors (Lipinski definition) is 1. The fourth-order valence-corrected chi connectivity index (χ4v) is 2.78. The molecule has 94 valence electrons. The first-order chi connectivity index (χ1) is 8.49. The highest BCUT2D eigenvalue weighted by Gasteiger charge is 2.16. The minimum Gasteiger partial charge on any atom is -0.375 e. The predicted octanol–water partition coefficient (Wildman–Crippen LogP) is 5.04. The average Bonchev–Trinajstić information content (AvgIpc) is 2.71. The summed E-state index contributed by atoms with van der Waals surface area (Å²) in [7, 11) is 0. The van der Waals surface area contributed by atoms with Gasteiger partial charge in [0.05, 0.1) is 15.6 Å². The molecule has 2 aromatic rings. The molecule has 0 aliphatic rings. The molecule has 6 heteroatoms. The molecule has 0 aliphatic carbocycles. The van der Waals surface area contributed by atoms with Gasteiger partial charge in [0.2, 0.25) is 0 Å². The number of rotatable bonds is 2. The van der Waals surface area contributed by atoms with Gasteiger partial charge in [0.1, 0.15) is 4.49 Å². The van der Waals surface area contributed by atoms with Gasteiger partial charge in [-0.1, -0.05) is 76.0 Å². The number of halogens is 3. The zero-order chi connectivity index (χ0) is 13.3.